The Hall–Kier alpha value is -3.99. The molecular weight excluding hydrogens is 398 g/mol. The number of phenols is 1. The van der Waals surface area contributed by atoms with Crippen LogP contribution in [0.3, 0.4) is 0 Å². The minimum atomic E-state index is -0.0820. The van der Waals surface area contributed by atoms with Gasteiger partial charge in [-0.15, -0.1) is 0 Å². The molecule has 1 amide bonds. The minimum Gasteiger partial charge on any atom is -0.508 e. The molecule has 0 unspecified atom stereocenters. The predicted molar refractivity (Wildman–Crippen MR) is 125 cm³/mol. The Balaban J connectivity index is 1.49. The summed E-state index contributed by atoms with van der Waals surface area (Å²) in [6, 6.07) is 25.1. The van der Waals surface area contributed by atoms with Crippen LogP contribution in [0.5, 0.6) is 5.75 Å². The Morgan fingerprint density at radius 2 is 1.62 bits per heavy atom. The molecule has 0 saturated carbocycles. The lowest BCUT2D eigenvalue weighted by molar-refractivity contribution is -0.116. The second-order valence-corrected chi connectivity index (χ2v) is 7.96. The average Bonchev–Trinajstić information content (AvgIpc) is 2.83. The molecule has 0 bridgehead atoms. The Bertz CT molecular complexity index is 1270. The van der Waals surface area contributed by atoms with E-state index in [0.717, 1.165) is 40.1 Å². The molecule has 0 fully saturated rings. The fraction of sp³-hybridized carbons (Fsp3) is 0.148. The van der Waals surface area contributed by atoms with Gasteiger partial charge in [0.25, 0.3) is 0 Å². The van der Waals surface area contributed by atoms with Crippen LogP contribution in [0.2, 0.25) is 0 Å². The maximum absolute atomic E-state index is 12.8. The monoisotopic (exact) mass is 421 g/mol. The van der Waals surface area contributed by atoms with Crippen LogP contribution in [0.4, 0.5) is 5.82 Å². The number of aromatic nitrogens is 2. The van der Waals surface area contributed by atoms with Gasteiger partial charge >= 0.3 is 0 Å². The number of amides is 1. The number of fused-ring (bicyclic) bond motifs is 3. The number of hydrogen-bond donors (Lipinski definition) is 2. The number of carbonyl (C=O) groups excluding carboxylic acids is 1. The van der Waals surface area contributed by atoms with Crippen molar-refractivity contribution in [2.75, 3.05) is 5.32 Å². The number of hydrogen-bond acceptors (Lipinski definition) is 4. The number of benzene rings is 3. The molecule has 5 rings (SSSR count). The normalized spacial score (nSPS) is 12.0. The van der Waals surface area contributed by atoms with E-state index in [-0.39, 0.29) is 11.7 Å². The van der Waals surface area contributed by atoms with Crippen LogP contribution in [0, 0.1) is 0 Å². The highest BCUT2D eigenvalue weighted by Crippen LogP contribution is 2.36. The Morgan fingerprint density at radius 1 is 0.875 bits per heavy atom. The van der Waals surface area contributed by atoms with Gasteiger partial charge in [0.15, 0.2) is 5.82 Å². The molecule has 1 aromatic heterocycles. The molecule has 0 spiro atoms. The van der Waals surface area contributed by atoms with Crippen molar-refractivity contribution in [3.8, 4) is 28.3 Å². The van der Waals surface area contributed by atoms with E-state index in [4.69, 9.17) is 9.97 Å². The number of rotatable bonds is 5. The quantitative estimate of drug-likeness (QED) is 0.465. The SMILES string of the molecule is O=C(CCc1ccccc1)Nc1nc2c(nc1-c1ccccc1)-c1ccc(O)cc1CC2. The largest absolute Gasteiger partial charge is 0.508 e. The molecule has 2 N–H and O–H groups in total. The molecule has 3 aromatic carbocycles. The lowest BCUT2D eigenvalue weighted by Crippen LogP contribution is -2.17. The van der Waals surface area contributed by atoms with E-state index >= 15 is 0 Å². The number of aromatic hydroxyl groups is 1. The Kier molecular flexibility index (Phi) is 5.38. The van der Waals surface area contributed by atoms with Gasteiger partial charge in [0.2, 0.25) is 5.91 Å². The zero-order valence-corrected chi connectivity index (χ0v) is 17.6. The summed E-state index contributed by atoms with van der Waals surface area (Å²) in [7, 11) is 0. The van der Waals surface area contributed by atoms with Gasteiger partial charge in [-0.2, -0.15) is 0 Å². The summed E-state index contributed by atoms with van der Waals surface area (Å²) >= 11 is 0. The highest BCUT2D eigenvalue weighted by atomic mass is 16.3. The number of phenolic OH excluding ortho intramolecular Hbond substituents is 1. The molecule has 0 saturated heterocycles. The Morgan fingerprint density at radius 3 is 2.41 bits per heavy atom. The summed E-state index contributed by atoms with van der Waals surface area (Å²) in [5.41, 5.74) is 6.39. The van der Waals surface area contributed by atoms with Crippen LogP contribution < -0.4 is 5.32 Å². The van der Waals surface area contributed by atoms with E-state index in [9.17, 15) is 9.90 Å². The highest BCUT2D eigenvalue weighted by Gasteiger charge is 2.23. The van der Waals surface area contributed by atoms with Crippen molar-refractivity contribution in [2.24, 2.45) is 0 Å². The minimum absolute atomic E-state index is 0.0820. The first-order chi connectivity index (χ1) is 15.7. The highest BCUT2D eigenvalue weighted by molar-refractivity contribution is 5.94. The number of anilines is 1. The van der Waals surface area contributed by atoms with E-state index in [2.05, 4.69) is 5.32 Å². The maximum Gasteiger partial charge on any atom is 0.225 e. The van der Waals surface area contributed by atoms with Gasteiger partial charge in [0, 0.05) is 17.5 Å². The van der Waals surface area contributed by atoms with Crippen LogP contribution in [-0.2, 0) is 24.1 Å². The molecular formula is C27H23N3O2. The van der Waals surface area contributed by atoms with Crippen molar-refractivity contribution >= 4 is 11.7 Å². The van der Waals surface area contributed by atoms with E-state index in [0.29, 0.717) is 30.8 Å². The van der Waals surface area contributed by atoms with Crippen molar-refractivity contribution in [2.45, 2.75) is 25.7 Å². The lowest BCUT2D eigenvalue weighted by atomic mass is 9.91. The van der Waals surface area contributed by atoms with Crippen molar-refractivity contribution in [1.82, 2.24) is 9.97 Å². The average molecular weight is 422 g/mol. The molecule has 1 aliphatic carbocycles. The van der Waals surface area contributed by atoms with Crippen molar-refractivity contribution < 1.29 is 9.90 Å². The lowest BCUT2D eigenvalue weighted by Gasteiger charge is -2.21. The van der Waals surface area contributed by atoms with Gasteiger partial charge in [-0.3, -0.25) is 4.79 Å². The molecule has 4 aromatic rings. The summed E-state index contributed by atoms with van der Waals surface area (Å²) in [6.45, 7) is 0. The number of nitrogens with one attached hydrogen (secondary N) is 1. The number of carbonyl (C=O) groups is 1. The van der Waals surface area contributed by atoms with Gasteiger partial charge in [-0.25, -0.2) is 9.97 Å². The molecule has 158 valence electrons. The van der Waals surface area contributed by atoms with Crippen molar-refractivity contribution in [3.05, 3.63) is 95.7 Å². The molecule has 5 nitrogen and oxygen atoms in total. The first kappa shape index (κ1) is 19.9. The second kappa shape index (κ2) is 8.63. The molecule has 5 heteroatoms. The van der Waals surface area contributed by atoms with Gasteiger partial charge in [-0.05, 0) is 48.6 Å². The van der Waals surface area contributed by atoms with Crippen LogP contribution in [0.25, 0.3) is 22.5 Å². The fourth-order valence-corrected chi connectivity index (χ4v) is 4.11. The van der Waals surface area contributed by atoms with Gasteiger partial charge < -0.3 is 10.4 Å². The molecule has 0 atom stereocenters. The van der Waals surface area contributed by atoms with Crippen molar-refractivity contribution in [1.29, 1.82) is 0 Å². The summed E-state index contributed by atoms with van der Waals surface area (Å²) in [6.07, 6.45) is 2.53. The molecule has 0 aliphatic heterocycles. The van der Waals surface area contributed by atoms with Gasteiger partial charge in [0.1, 0.15) is 11.4 Å². The van der Waals surface area contributed by atoms with Gasteiger partial charge in [-0.1, -0.05) is 60.7 Å². The smallest absolute Gasteiger partial charge is 0.225 e. The molecule has 1 aliphatic rings. The van der Waals surface area contributed by atoms with Crippen LogP contribution in [0.1, 0.15) is 23.2 Å². The van der Waals surface area contributed by atoms with Crippen molar-refractivity contribution in [3.63, 3.8) is 0 Å². The third kappa shape index (κ3) is 4.10. The molecule has 1 heterocycles. The predicted octanol–water partition coefficient (Wildman–Crippen LogP) is 5.19. The first-order valence-electron chi connectivity index (χ1n) is 10.8. The first-order valence-corrected chi connectivity index (χ1v) is 10.8. The number of nitrogens with zero attached hydrogens (tertiary/aromatic N) is 2. The standard InChI is InChI=1S/C27H23N3O2/c31-21-13-14-22-20(17-21)12-15-23-26(22)30-25(19-9-5-2-6-10-19)27(28-23)29-24(32)16-11-18-7-3-1-4-8-18/h1-10,13-14,17,31H,11-12,15-16H2,(H,28,29,32). The summed E-state index contributed by atoms with van der Waals surface area (Å²) < 4.78 is 0. The number of aryl methyl sites for hydroxylation is 3. The van der Waals surface area contributed by atoms with Crippen LogP contribution >= 0.6 is 0 Å². The molecule has 32 heavy (non-hydrogen) atoms. The summed E-state index contributed by atoms with van der Waals surface area (Å²) in [5, 5.41) is 12.9. The van der Waals surface area contributed by atoms with Crippen LogP contribution in [0.15, 0.2) is 78.9 Å². The topological polar surface area (TPSA) is 75.1 Å². The third-order valence-electron chi connectivity index (χ3n) is 5.73. The zero-order chi connectivity index (χ0) is 21.9. The Labute approximate surface area is 186 Å². The van der Waals surface area contributed by atoms with E-state index in [1.165, 1.54) is 0 Å². The van der Waals surface area contributed by atoms with Gasteiger partial charge in [0.05, 0.1) is 11.4 Å². The van der Waals surface area contributed by atoms with E-state index < -0.39 is 0 Å². The summed E-state index contributed by atoms with van der Waals surface area (Å²) in [4.78, 5) is 22.6. The van der Waals surface area contributed by atoms with Crippen LogP contribution in [-0.4, -0.2) is 21.0 Å². The molecule has 0 radical (unpaired) electrons. The second-order valence-electron chi connectivity index (χ2n) is 7.96. The summed E-state index contributed by atoms with van der Waals surface area (Å²) in [5.74, 6) is 0.669. The van der Waals surface area contributed by atoms with E-state index in [1.807, 2.05) is 66.7 Å². The fourth-order valence-electron chi connectivity index (χ4n) is 4.11. The van der Waals surface area contributed by atoms with E-state index in [1.54, 1.807) is 12.1 Å². The zero-order valence-electron chi connectivity index (χ0n) is 17.6. The maximum atomic E-state index is 12.8. The third-order valence-corrected chi connectivity index (χ3v) is 5.73.